The molecule has 1 fully saturated rings. The quantitative estimate of drug-likeness (QED) is 0.642. The minimum atomic E-state index is -1.26. The van der Waals surface area contributed by atoms with Gasteiger partial charge in [-0.25, -0.2) is 0 Å². The van der Waals surface area contributed by atoms with Crippen LogP contribution < -0.4 is 5.32 Å². The van der Waals surface area contributed by atoms with E-state index in [1.807, 2.05) is 0 Å². The van der Waals surface area contributed by atoms with Crippen molar-refractivity contribution in [3.8, 4) is 0 Å². The summed E-state index contributed by atoms with van der Waals surface area (Å²) in [6, 6.07) is 0. The van der Waals surface area contributed by atoms with Crippen molar-refractivity contribution in [1.82, 2.24) is 5.32 Å². The third kappa shape index (κ3) is 2.89. The van der Waals surface area contributed by atoms with E-state index in [-0.39, 0.29) is 5.60 Å². The van der Waals surface area contributed by atoms with Gasteiger partial charge in [-0.1, -0.05) is 6.08 Å². The van der Waals surface area contributed by atoms with Gasteiger partial charge >= 0.3 is 0 Å². The number of piperidine rings is 1. The third-order valence-electron chi connectivity index (χ3n) is 3.62. The summed E-state index contributed by atoms with van der Waals surface area (Å²) in [5.41, 5.74) is 2.15. The predicted octanol–water partition coefficient (Wildman–Crippen LogP) is 1.06. The summed E-state index contributed by atoms with van der Waals surface area (Å²) in [5.74, 6) is 0. The number of rotatable bonds is 4. The van der Waals surface area contributed by atoms with E-state index in [4.69, 9.17) is 14.9 Å². The number of fused-ring (bicyclic) bond motifs is 1. The SMILES string of the molecule is COC1(CCC(O)O)C=C2NCCCC2=CC1. The third-order valence-corrected chi connectivity index (χ3v) is 3.62. The number of nitrogens with one attached hydrogen (secondary N) is 1. The first kappa shape index (κ1) is 12.6. The van der Waals surface area contributed by atoms with Crippen LogP contribution >= 0.6 is 0 Å². The molecule has 0 radical (unpaired) electrons. The molecule has 1 aliphatic heterocycles. The Morgan fingerprint density at radius 3 is 3.06 bits per heavy atom. The summed E-state index contributed by atoms with van der Waals surface area (Å²) in [5, 5.41) is 21.3. The normalized spacial score (nSPS) is 28.2. The molecule has 1 saturated heterocycles. The van der Waals surface area contributed by atoms with Crippen molar-refractivity contribution in [2.45, 2.75) is 44.0 Å². The second-order valence-electron chi connectivity index (χ2n) is 4.81. The van der Waals surface area contributed by atoms with Crippen LogP contribution in [0, 0.1) is 0 Å². The summed E-state index contributed by atoms with van der Waals surface area (Å²) in [4.78, 5) is 0. The summed E-state index contributed by atoms with van der Waals surface area (Å²) in [6.07, 6.45) is 7.15. The molecule has 0 saturated carbocycles. The highest BCUT2D eigenvalue weighted by Crippen LogP contribution is 2.34. The highest BCUT2D eigenvalue weighted by atomic mass is 16.5. The number of aliphatic hydroxyl groups excluding tert-OH is 1. The van der Waals surface area contributed by atoms with Gasteiger partial charge in [0, 0.05) is 25.8 Å². The van der Waals surface area contributed by atoms with Crippen molar-refractivity contribution in [3.63, 3.8) is 0 Å². The second kappa shape index (κ2) is 5.21. The lowest BCUT2D eigenvalue weighted by Crippen LogP contribution is -2.36. The minimum absolute atomic E-state index is 0.334. The molecule has 1 heterocycles. The van der Waals surface area contributed by atoms with Crippen molar-refractivity contribution < 1.29 is 14.9 Å². The Kier molecular flexibility index (Phi) is 3.86. The molecule has 0 amide bonds. The molecule has 1 atom stereocenters. The number of hydrogen-bond donors (Lipinski definition) is 3. The number of hydrogen-bond acceptors (Lipinski definition) is 4. The van der Waals surface area contributed by atoms with Gasteiger partial charge in [0.2, 0.25) is 0 Å². The molecule has 0 bridgehead atoms. The Bertz CT molecular complexity index is 336. The molecule has 2 rings (SSSR count). The fourth-order valence-electron chi connectivity index (χ4n) is 2.52. The molecule has 1 aliphatic carbocycles. The summed E-state index contributed by atoms with van der Waals surface area (Å²) >= 11 is 0. The largest absolute Gasteiger partial charge is 0.385 e. The molecular weight excluding hydrogens is 218 g/mol. The van der Waals surface area contributed by atoms with Gasteiger partial charge < -0.3 is 20.3 Å². The van der Waals surface area contributed by atoms with Crippen LogP contribution in [0.4, 0.5) is 0 Å². The molecule has 17 heavy (non-hydrogen) atoms. The van der Waals surface area contributed by atoms with Crippen molar-refractivity contribution in [1.29, 1.82) is 0 Å². The maximum Gasteiger partial charge on any atom is 0.151 e. The summed E-state index contributed by atoms with van der Waals surface area (Å²) in [6.45, 7) is 1.01. The monoisotopic (exact) mass is 239 g/mol. The van der Waals surface area contributed by atoms with E-state index >= 15 is 0 Å². The zero-order chi connectivity index (χ0) is 12.3. The van der Waals surface area contributed by atoms with Crippen molar-refractivity contribution >= 4 is 0 Å². The molecule has 4 nitrogen and oxygen atoms in total. The van der Waals surface area contributed by atoms with Gasteiger partial charge in [0.05, 0.1) is 5.60 Å². The van der Waals surface area contributed by atoms with Gasteiger partial charge in [0.15, 0.2) is 6.29 Å². The average molecular weight is 239 g/mol. The highest BCUT2D eigenvalue weighted by molar-refractivity contribution is 5.38. The lowest BCUT2D eigenvalue weighted by molar-refractivity contribution is -0.0656. The lowest BCUT2D eigenvalue weighted by Gasteiger charge is -2.35. The number of aliphatic hydroxyl groups is 2. The standard InChI is InChI=1S/C13H21NO3/c1-17-13(7-5-12(15)16)6-4-10-3-2-8-14-11(10)9-13/h4,9,12,14-16H,2-3,5-8H2,1H3. The zero-order valence-electron chi connectivity index (χ0n) is 10.3. The Balaban J connectivity index is 2.09. The van der Waals surface area contributed by atoms with E-state index in [9.17, 15) is 0 Å². The van der Waals surface area contributed by atoms with Crippen molar-refractivity contribution in [2.75, 3.05) is 13.7 Å². The zero-order valence-corrected chi connectivity index (χ0v) is 10.3. The summed E-state index contributed by atoms with van der Waals surface area (Å²) < 4.78 is 5.59. The highest BCUT2D eigenvalue weighted by Gasteiger charge is 2.32. The Hall–Kier alpha value is -0.840. The van der Waals surface area contributed by atoms with E-state index in [2.05, 4.69) is 17.5 Å². The Morgan fingerprint density at radius 2 is 2.35 bits per heavy atom. The molecule has 0 aromatic rings. The van der Waals surface area contributed by atoms with E-state index in [0.717, 1.165) is 25.1 Å². The van der Waals surface area contributed by atoms with Crippen LogP contribution in [-0.2, 0) is 4.74 Å². The van der Waals surface area contributed by atoms with Crippen LogP contribution in [0.1, 0.15) is 32.1 Å². The number of methoxy groups -OCH3 is 1. The van der Waals surface area contributed by atoms with E-state index in [0.29, 0.717) is 12.8 Å². The molecule has 0 spiro atoms. The van der Waals surface area contributed by atoms with Crippen LogP contribution in [0.3, 0.4) is 0 Å². The van der Waals surface area contributed by atoms with Crippen LogP contribution in [0.25, 0.3) is 0 Å². The molecule has 3 N–H and O–H groups in total. The average Bonchev–Trinajstić information content (AvgIpc) is 2.36. The van der Waals surface area contributed by atoms with Gasteiger partial charge in [-0.3, -0.25) is 0 Å². The molecule has 0 aromatic heterocycles. The number of ether oxygens (including phenoxy) is 1. The second-order valence-corrected chi connectivity index (χ2v) is 4.81. The minimum Gasteiger partial charge on any atom is -0.385 e. The van der Waals surface area contributed by atoms with E-state index in [1.165, 1.54) is 12.0 Å². The van der Waals surface area contributed by atoms with E-state index in [1.54, 1.807) is 7.11 Å². The van der Waals surface area contributed by atoms with Gasteiger partial charge in [-0.05, 0) is 37.3 Å². The molecular formula is C13H21NO3. The smallest absolute Gasteiger partial charge is 0.151 e. The topological polar surface area (TPSA) is 61.7 Å². The van der Waals surface area contributed by atoms with Crippen molar-refractivity contribution in [2.24, 2.45) is 0 Å². The van der Waals surface area contributed by atoms with Crippen LogP contribution in [0.15, 0.2) is 23.4 Å². The van der Waals surface area contributed by atoms with Crippen molar-refractivity contribution in [3.05, 3.63) is 23.4 Å². The van der Waals surface area contributed by atoms with Gasteiger partial charge in [0.25, 0.3) is 0 Å². The first-order valence-electron chi connectivity index (χ1n) is 6.23. The van der Waals surface area contributed by atoms with Crippen LogP contribution in [0.2, 0.25) is 0 Å². The number of allylic oxidation sites excluding steroid dienone is 1. The summed E-state index contributed by atoms with van der Waals surface area (Å²) in [7, 11) is 1.68. The van der Waals surface area contributed by atoms with E-state index < -0.39 is 6.29 Å². The van der Waals surface area contributed by atoms with Gasteiger partial charge in [-0.2, -0.15) is 0 Å². The maximum atomic E-state index is 8.97. The fraction of sp³-hybridized carbons (Fsp3) is 0.692. The molecule has 0 aromatic carbocycles. The molecule has 96 valence electrons. The molecule has 2 aliphatic rings. The first-order valence-corrected chi connectivity index (χ1v) is 6.23. The van der Waals surface area contributed by atoms with Gasteiger partial charge in [0.1, 0.15) is 0 Å². The fourth-order valence-corrected chi connectivity index (χ4v) is 2.52. The first-order chi connectivity index (χ1) is 8.15. The maximum absolute atomic E-state index is 8.97. The Morgan fingerprint density at radius 1 is 1.53 bits per heavy atom. The van der Waals surface area contributed by atoms with Crippen LogP contribution in [-0.4, -0.2) is 35.8 Å². The predicted molar refractivity (Wildman–Crippen MR) is 65.2 cm³/mol. The molecule has 1 unspecified atom stereocenters. The van der Waals surface area contributed by atoms with Gasteiger partial charge in [-0.15, -0.1) is 0 Å². The van der Waals surface area contributed by atoms with Crippen LogP contribution in [0.5, 0.6) is 0 Å². The lowest BCUT2D eigenvalue weighted by atomic mass is 9.83. The Labute approximate surface area is 102 Å². The molecule has 4 heteroatoms.